The van der Waals surface area contributed by atoms with Crippen molar-refractivity contribution < 1.29 is 14.3 Å². The molecule has 2 heterocycles. The summed E-state index contributed by atoms with van der Waals surface area (Å²) in [5.41, 5.74) is 3.01. The van der Waals surface area contributed by atoms with E-state index in [1.54, 1.807) is 4.90 Å². The summed E-state index contributed by atoms with van der Waals surface area (Å²) < 4.78 is 6.17. The molecule has 1 saturated heterocycles. The van der Waals surface area contributed by atoms with Crippen molar-refractivity contribution >= 4 is 11.8 Å². The van der Waals surface area contributed by atoms with Crippen molar-refractivity contribution in [2.24, 2.45) is 11.8 Å². The Kier molecular flexibility index (Phi) is 5.57. The second-order valence-corrected chi connectivity index (χ2v) is 8.78. The van der Waals surface area contributed by atoms with Gasteiger partial charge >= 0.3 is 0 Å². The number of aromatic nitrogens is 2. The van der Waals surface area contributed by atoms with Crippen LogP contribution in [0.2, 0.25) is 0 Å². The molecule has 1 unspecified atom stereocenters. The fraction of sp³-hybridized carbons (Fsp3) is 0.500. The summed E-state index contributed by atoms with van der Waals surface area (Å²) >= 11 is 0. The first-order valence-electron chi connectivity index (χ1n) is 11.3. The van der Waals surface area contributed by atoms with Crippen molar-refractivity contribution in [2.45, 2.75) is 38.5 Å². The number of rotatable bonds is 5. The molecule has 2 fully saturated rings. The molecule has 7 nitrogen and oxygen atoms in total. The third-order valence-electron chi connectivity index (χ3n) is 6.41. The molecule has 0 spiro atoms. The summed E-state index contributed by atoms with van der Waals surface area (Å²) in [7, 11) is 0. The van der Waals surface area contributed by atoms with E-state index in [1.807, 2.05) is 30.3 Å². The van der Waals surface area contributed by atoms with Crippen LogP contribution in [0.5, 0.6) is 5.88 Å². The third-order valence-corrected chi connectivity index (χ3v) is 6.41. The second kappa shape index (κ2) is 8.65. The first-order chi connectivity index (χ1) is 15.2. The van der Waals surface area contributed by atoms with Crippen LogP contribution in [0.1, 0.15) is 36.9 Å². The lowest BCUT2D eigenvalue weighted by Crippen LogP contribution is -2.51. The molecule has 162 valence electrons. The molecular formula is C24H28N4O3. The molecule has 7 heteroatoms. The molecule has 1 aromatic carbocycles. The maximum absolute atomic E-state index is 13.1. The minimum absolute atomic E-state index is 0.0781. The molecule has 1 saturated carbocycles. The highest BCUT2D eigenvalue weighted by molar-refractivity contribution is 5.87. The topological polar surface area (TPSA) is 84.4 Å². The number of fused-ring (bicyclic) bond motifs is 1. The van der Waals surface area contributed by atoms with Crippen molar-refractivity contribution in [3.8, 4) is 17.3 Å². The molecular weight excluding hydrogens is 392 g/mol. The quantitative estimate of drug-likeness (QED) is 0.751. The number of piperazine rings is 1. The van der Waals surface area contributed by atoms with Crippen LogP contribution in [0.4, 0.5) is 0 Å². The molecule has 2 aromatic rings. The van der Waals surface area contributed by atoms with Crippen LogP contribution >= 0.6 is 0 Å². The zero-order chi connectivity index (χ0) is 21.2. The smallest absolute Gasteiger partial charge is 0.239 e. The molecule has 1 aromatic heterocycles. The van der Waals surface area contributed by atoms with E-state index in [4.69, 9.17) is 14.7 Å². The number of hydrogen-bond donors (Lipinski definition) is 1. The van der Waals surface area contributed by atoms with Gasteiger partial charge in [0.25, 0.3) is 0 Å². The van der Waals surface area contributed by atoms with E-state index >= 15 is 0 Å². The molecule has 0 radical (unpaired) electrons. The van der Waals surface area contributed by atoms with Gasteiger partial charge in [0.05, 0.1) is 18.8 Å². The van der Waals surface area contributed by atoms with E-state index in [9.17, 15) is 9.59 Å². The second-order valence-electron chi connectivity index (χ2n) is 8.78. The molecule has 5 rings (SSSR count). The van der Waals surface area contributed by atoms with Crippen LogP contribution in [-0.2, 0) is 22.4 Å². The van der Waals surface area contributed by atoms with Gasteiger partial charge in [0.2, 0.25) is 17.7 Å². The summed E-state index contributed by atoms with van der Waals surface area (Å²) in [5.74, 6) is 1.90. The van der Waals surface area contributed by atoms with Gasteiger partial charge in [-0.05, 0) is 44.4 Å². The Balaban J connectivity index is 1.39. The molecule has 3 aliphatic rings. The Morgan fingerprint density at radius 2 is 1.90 bits per heavy atom. The third kappa shape index (κ3) is 4.55. The predicted octanol–water partition coefficient (Wildman–Crippen LogP) is 2.39. The Labute approximate surface area is 182 Å². The Morgan fingerprint density at radius 3 is 2.68 bits per heavy atom. The van der Waals surface area contributed by atoms with E-state index < -0.39 is 0 Å². The number of aryl methyl sites for hydroxylation is 1. The lowest BCUT2D eigenvalue weighted by atomic mass is 9.97. The average Bonchev–Trinajstić information content (AvgIpc) is 3.64. The van der Waals surface area contributed by atoms with Crippen LogP contribution in [0.25, 0.3) is 11.4 Å². The van der Waals surface area contributed by atoms with Gasteiger partial charge < -0.3 is 15.0 Å². The highest BCUT2D eigenvalue weighted by atomic mass is 16.5. The number of ether oxygens (including phenoxy) is 1. The SMILES string of the molecule is O=C1CN(C(=O)C2CCc3nc(-c4ccccc4)nc(OCC4CC4)c3CC2)CCN1. The van der Waals surface area contributed by atoms with E-state index in [0.717, 1.165) is 36.1 Å². The molecule has 2 aliphatic carbocycles. The number of nitrogens with one attached hydrogen (secondary N) is 1. The number of amides is 2. The Hall–Kier alpha value is -2.96. The number of carbonyl (C=O) groups is 2. The molecule has 1 N–H and O–H groups in total. The maximum atomic E-state index is 13.1. The average molecular weight is 421 g/mol. The lowest BCUT2D eigenvalue weighted by molar-refractivity contribution is -0.141. The van der Waals surface area contributed by atoms with Gasteiger partial charge in [-0.1, -0.05) is 30.3 Å². The van der Waals surface area contributed by atoms with Gasteiger partial charge in [-0.25, -0.2) is 4.98 Å². The summed E-state index contributed by atoms with van der Waals surface area (Å²) in [6.45, 7) is 1.98. The Bertz CT molecular complexity index is 974. The van der Waals surface area contributed by atoms with Crippen LogP contribution in [-0.4, -0.2) is 52.9 Å². The van der Waals surface area contributed by atoms with E-state index in [2.05, 4.69) is 5.32 Å². The molecule has 1 aliphatic heterocycles. The van der Waals surface area contributed by atoms with Crippen molar-refractivity contribution in [3.05, 3.63) is 41.6 Å². The van der Waals surface area contributed by atoms with Crippen LogP contribution < -0.4 is 10.1 Å². The fourth-order valence-corrected chi connectivity index (χ4v) is 4.39. The summed E-state index contributed by atoms with van der Waals surface area (Å²) in [6, 6.07) is 9.97. The lowest BCUT2D eigenvalue weighted by Gasteiger charge is -2.29. The minimum Gasteiger partial charge on any atom is -0.477 e. The largest absolute Gasteiger partial charge is 0.477 e. The molecule has 31 heavy (non-hydrogen) atoms. The highest BCUT2D eigenvalue weighted by Gasteiger charge is 2.31. The first kappa shape index (κ1) is 20.0. The van der Waals surface area contributed by atoms with Crippen LogP contribution in [0.15, 0.2) is 30.3 Å². The van der Waals surface area contributed by atoms with Crippen molar-refractivity contribution in [3.63, 3.8) is 0 Å². The predicted molar refractivity (Wildman–Crippen MR) is 115 cm³/mol. The van der Waals surface area contributed by atoms with E-state index in [-0.39, 0.29) is 24.3 Å². The van der Waals surface area contributed by atoms with Crippen molar-refractivity contribution in [1.82, 2.24) is 20.2 Å². The van der Waals surface area contributed by atoms with Gasteiger partial charge in [-0.15, -0.1) is 0 Å². The minimum atomic E-state index is -0.100. The van der Waals surface area contributed by atoms with Crippen molar-refractivity contribution in [2.75, 3.05) is 26.2 Å². The van der Waals surface area contributed by atoms with Gasteiger partial charge in [-0.3, -0.25) is 9.59 Å². The maximum Gasteiger partial charge on any atom is 0.239 e. The normalized spacial score (nSPS) is 21.1. The fourth-order valence-electron chi connectivity index (χ4n) is 4.39. The number of nitrogens with zero attached hydrogens (tertiary/aromatic N) is 3. The van der Waals surface area contributed by atoms with E-state index in [0.29, 0.717) is 43.7 Å². The summed E-state index contributed by atoms with van der Waals surface area (Å²) in [4.78, 5) is 36.2. The zero-order valence-corrected chi connectivity index (χ0v) is 17.7. The van der Waals surface area contributed by atoms with Crippen LogP contribution in [0.3, 0.4) is 0 Å². The summed E-state index contributed by atoms with van der Waals surface area (Å²) in [5, 5.41) is 2.79. The summed E-state index contributed by atoms with van der Waals surface area (Å²) in [6.07, 6.45) is 5.35. The first-order valence-corrected chi connectivity index (χ1v) is 11.3. The molecule has 1 atom stereocenters. The Morgan fingerprint density at radius 1 is 1.10 bits per heavy atom. The molecule has 0 bridgehead atoms. The van der Waals surface area contributed by atoms with Gasteiger partial charge in [0, 0.05) is 30.1 Å². The van der Waals surface area contributed by atoms with Gasteiger partial charge in [-0.2, -0.15) is 4.98 Å². The van der Waals surface area contributed by atoms with Gasteiger partial charge in [0.1, 0.15) is 0 Å². The van der Waals surface area contributed by atoms with E-state index in [1.165, 1.54) is 12.8 Å². The standard InChI is InChI=1S/C24H28N4O3/c29-21-14-28(13-12-25-21)24(30)18-8-10-19-20(11-9-18)26-22(17-4-2-1-3-5-17)27-23(19)31-15-16-6-7-16/h1-5,16,18H,6-15H2,(H,25,29). The molecule has 2 amide bonds. The van der Waals surface area contributed by atoms with Crippen LogP contribution in [0, 0.1) is 11.8 Å². The zero-order valence-electron chi connectivity index (χ0n) is 17.7. The highest BCUT2D eigenvalue weighted by Crippen LogP contribution is 2.34. The number of carbonyl (C=O) groups excluding carboxylic acids is 2. The van der Waals surface area contributed by atoms with Gasteiger partial charge in [0.15, 0.2) is 5.82 Å². The monoisotopic (exact) mass is 420 g/mol. The number of benzene rings is 1. The number of hydrogen-bond acceptors (Lipinski definition) is 5. The van der Waals surface area contributed by atoms with Crippen molar-refractivity contribution in [1.29, 1.82) is 0 Å².